The van der Waals surface area contributed by atoms with Crippen LogP contribution in [0.4, 0.5) is 5.69 Å². The summed E-state index contributed by atoms with van der Waals surface area (Å²) in [5, 5.41) is 0. The second kappa shape index (κ2) is 9.79. The Bertz CT molecular complexity index is 1060. The van der Waals surface area contributed by atoms with Crippen LogP contribution in [0.3, 0.4) is 0 Å². The summed E-state index contributed by atoms with van der Waals surface area (Å²) in [5.41, 5.74) is 2.29. The molecule has 0 aromatic heterocycles. The molecule has 0 N–H and O–H groups in total. The summed E-state index contributed by atoms with van der Waals surface area (Å²) in [6.07, 6.45) is 0. The van der Waals surface area contributed by atoms with Crippen LogP contribution in [0.1, 0.15) is 11.1 Å². The van der Waals surface area contributed by atoms with E-state index in [1.165, 1.54) is 30.7 Å². The number of carbonyl (C=O) groups excluding carboxylic acids is 1. The molecule has 0 bridgehead atoms. The van der Waals surface area contributed by atoms with E-state index in [0.29, 0.717) is 30.3 Å². The highest BCUT2D eigenvalue weighted by molar-refractivity contribution is 7.92. The van der Waals surface area contributed by atoms with Crippen LogP contribution < -0.4 is 13.8 Å². The number of piperazine rings is 1. The van der Waals surface area contributed by atoms with E-state index in [-0.39, 0.29) is 17.3 Å². The molecule has 2 aromatic rings. The maximum absolute atomic E-state index is 13.7. The standard InChI is InChI=1S/C23H31N3O5S/c1-17-12-18(2)14-19(13-17)26(16-23(27)25-10-8-24(3)9-11-25)32(28,29)20-6-7-21(30-4)22(15-20)31-5/h6-7,12-15H,8-11,16H2,1-5H3. The van der Waals surface area contributed by atoms with Crippen LogP contribution in [0.2, 0.25) is 0 Å². The van der Waals surface area contributed by atoms with E-state index < -0.39 is 10.0 Å². The lowest BCUT2D eigenvalue weighted by molar-refractivity contribution is -0.131. The summed E-state index contributed by atoms with van der Waals surface area (Å²) in [6.45, 7) is 6.21. The Kier molecular flexibility index (Phi) is 7.30. The number of hydrogen-bond acceptors (Lipinski definition) is 6. The van der Waals surface area contributed by atoms with Crippen LogP contribution in [0.15, 0.2) is 41.3 Å². The highest BCUT2D eigenvalue weighted by Crippen LogP contribution is 2.32. The number of rotatable bonds is 7. The van der Waals surface area contributed by atoms with Gasteiger partial charge < -0.3 is 19.3 Å². The second-order valence-electron chi connectivity index (χ2n) is 8.06. The van der Waals surface area contributed by atoms with Crippen molar-refractivity contribution in [3.8, 4) is 11.5 Å². The van der Waals surface area contributed by atoms with E-state index in [9.17, 15) is 13.2 Å². The van der Waals surface area contributed by atoms with Gasteiger partial charge in [-0.1, -0.05) is 6.07 Å². The molecule has 0 atom stereocenters. The molecule has 1 aliphatic heterocycles. The van der Waals surface area contributed by atoms with Crippen LogP contribution in [0.25, 0.3) is 0 Å². The van der Waals surface area contributed by atoms with Gasteiger partial charge in [-0.15, -0.1) is 0 Å². The number of hydrogen-bond donors (Lipinski definition) is 0. The van der Waals surface area contributed by atoms with Crippen molar-refractivity contribution in [3.63, 3.8) is 0 Å². The number of methoxy groups -OCH3 is 2. The molecule has 3 rings (SSSR count). The summed E-state index contributed by atoms with van der Waals surface area (Å²) in [4.78, 5) is 17.0. The highest BCUT2D eigenvalue weighted by atomic mass is 32.2. The van der Waals surface area contributed by atoms with Crippen molar-refractivity contribution >= 4 is 21.6 Å². The molecule has 1 aliphatic rings. The van der Waals surface area contributed by atoms with Crippen LogP contribution >= 0.6 is 0 Å². The third kappa shape index (κ3) is 5.16. The van der Waals surface area contributed by atoms with Crippen LogP contribution in [0, 0.1) is 13.8 Å². The lowest BCUT2D eigenvalue weighted by Crippen LogP contribution is -2.50. The summed E-state index contributed by atoms with van der Waals surface area (Å²) < 4.78 is 39.2. The molecule has 1 amide bonds. The van der Waals surface area contributed by atoms with Crippen molar-refractivity contribution in [1.82, 2.24) is 9.80 Å². The number of benzene rings is 2. The molecular formula is C23H31N3O5S. The Morgan fingerprint density at radius 2 is 1.53 bits per heavy atom. The average Bonchev–Trinajstić information content (AvgIpc) is 2.76. The fourth-order valence-corrected chi connectivity index (χ4v) is 5.21. The van der Waals surface area contributed by atoms with Crippen molar-refractivity contribution in [2.75, 3.05) is 58.3 Å². The van der Waals surface area contributed by atoms with Gasteiger partial charge in [-0.25, -0.2) is 8.42 Å². The lowest BCUT2D eigenvalue weighted by Gasteiger charge is -2.34. The second-order valence-corrected chi connectivity index (χ2v) is 9.92. The molecule has 0 unspecified atom stereocenters. The summed E-state index contributed by atoms with van der Waals surface area (Å²) in [5.74, 6) is 0.513. The van der Waals surface area contributed by atoms with E-state index in [1.54, 1.807) is 23.1 Å². The Morgan fingerprint density at radius 1 is 0.938 bits per heavy atom. The number of sulfonamides is 1. The van der Waals surface area contributed by atoms with Crippen molar-refractivity contribution < 1.29 is 22.7 Å². The minimum Gasteiger partial charge on any atom is -0.493 e. The number of carbonyl (C=O) groups is 1. The molecule has 1 heterocycles. The largest absolute Gasteiger partial charge is 0.493 e. The van der Waals surface area contributed by atoms with Gasteiger partial charge >= 0.3 is 0 Å². The lowest BCUT2D eigenvalue weighted by atomic mass is 10.1. The molecule has 0 spiro atoms. The highest BCUT2D eigenvalue weighted by Gasteiger charge is 2.31. The van der Waals surface area contributed by atoms with Gasteiger partial charge in [0.25, 0.3) is 10.0 Å². The van der Waals surface area contributed by atoms with E-state index >= 15 is 0 Å². The fourth-order valence-electron chi connectivity index (χ4n) is 3.79. The minimum atomic E-state index is -4.05. The maximum Gasteiger partial charge on any atom is 0.264 e. The number of nitrogens with zero attached hydrogens (tertiary/aromatic N) is 3. The average molecular weight is 462 g/mol. The Labute approximate surface area is 190 Å². The molecule has 0 aliphatic carbocycles. The molecule has 174 valence electrons. The van der Waals surface area contributed by atoms with Crippen molar-refractivity contribution in [2.24, 2.45) is 0 Å². The van der Waals surface area contributed by atoms with Gasteiger partial charge in [0, 0.05) is 32.2 Å². The molecule has 1 fully saturated rings. The van der Waals surface area contributed by atoms with Gasteiger partial charge in [-0.2, -0.15) is 0 Å². The smallest absolute Gasteiger partial charge is 0.264 e. The predicted octanol–water partition coefficient (Wildman–Crippen LogP) is 2.29. The van der Waals surface area contributed by atoms with E-state index in [1.807, 2.05) is 27.0 Å². The molecule has 32 heavy (non-hydrogen) atoms. The van der Waals surface area contributed by atoms with E-state index in [2.05, 4.69) is 4.90 Å². The molecular weight excluding hydrogens is 430 g/mol. The molecule has 2 aromatic carbocycles. The first kappa shape index (κ1) is 23.9. The maximum atomic E-state index is 13.7. The van der Waals surface area contributed by atoms with E-state index in [0.717, 1.165) is 24.2 Å². The zero-order valence-electron chi connectivity index (χ0n) is 19.3. The fraction of sp³-hybridized carbons (Fsp3) is 0.435. The topological polar surface area (TPSA) is 79.4 Å². The molecule has 9 heteroatoms. The third-order valence-corrected chi connectivity index (χ3v) is 7.34. The summed E-state index contributed by atoms with van der Waals surface area (Å²) in [6, 6.07) is 9.96. The number of likely N-dealkylation sites (N-methyl/N-ethyl adjacent to an activating group) is 1. The Morgan fingerprint density at radius 3 is 2.09 bits per heavy atom. The Hall–Kier alpha value is -2.78. The molecule has 1 saturated heterocycles. The zero-order valence-corrected chi connectivity index (χ0v) is 20.1. The van der Waals surface area contributed by atoms with Crippen LogP contribution in [-0.4, -0.2) is 78.1 Å². The predicted molar refractivity (Wildman–Crippen MR) is 124 cm³/mol. The normalized spacial score (nSPS) is 14.8. The number of aryl methyl sites for hydroxylation is 2. The van der Waals surface area contributed by atoms with Crippen molar-refractivity contribution in [2.45, 2.75) is 18.7 Å². The van der Waals surface area contributed by atoms with Gasteiger partial charge in [0.05, 0.1) is 24.8 Å². The van der Waals surface area contributed by atoms with Gasteiger partial charge in [0.2, 0.25) is 5.91 Å². The number of ether oxygens (including phenoxy) is 2. The molecule has 0 saturated carbocycles. The quantitative estimate of drug-likeness (QED) is 0.630. The minimum absolute atomic E-state index is 0.0282. The van der Waals surface area contributed by atoms with Crippen LogP contribution in [0.5, 0.6) is 11.5 Å². The summed E-state index contributed by atoms with van der Waals surface area (Å²) >= 11 is 0. The SMILES string of the molecule is COc1ccc(S(=O)(=O)N(CC(=O)N2CCN(C)CC2)c2cc(C)cc(C)c2)cc1OC. The van der Waals surface area contributed by atoms with Gasteiger partial charge in [-0.05, 0) is 56.3 Å². The third-order valence-electron chi connectivity index (χ3n) is 5.57. The summed E-state index contributed by atoms with van der Waals surface area (Å²) in [7, 11) is 0.895. The first-order chi connectivity index (χ1) is 15.1. The number of anilines is 1. The first-order valence-electron chi connectivity index (χ1n) is 10.4. The van der Waals surface area contributed by atoms with Gasteiger partial charge in [0.15, 0.2) is 11.5 Å². The molecule has 8 nitrogen and oxygen atoms in total. The monoisotopic (exact) mass is 461 g/mol. The van der Waals surface area contributed by atoms with E-state index in [4.69, 9.17) is 9.47 Å². The zero-order chi connectivity index (χ0) is 23.5. The molecule has 0 radical (unpaired) electrons. The first-order valence-corrected chi connectivity index (χ1v) is 11.9. The number of amides is 1. The van der Waals surface area contributed by atoms with Crippen molar-refractivity contribution in [1.29, 1.82) is 0 Å². The van der Waals surface area contributed by atoms with Gasteiger partial charge in [0.1, 0.15) is 6.54 Å². The van der Waals surface area contributed by atoms with Crippen molar-refractivity contribution in [3.05, 3.63) is 47.5 Å². The Balaban J connectivity index is 2.02. The van der Waals surface area contributed by atoms with Gasteiger partial charge in [-0.3, -0.25) is 9.10 Å². The van der Waals surface area contributed by atoms with Crippen LogP contribution in [-0.2, 0) is 14.8 Å².